The Morgan fingerprint density at radius 1 is 1.64 bits per heavy atom. The summed E-state index contributed by atoms with van der Waals surface area (Å²) in [4.78, 5) is 3.89. The minimum atomic E-state index is -0.114. The Morgan fingerprint density at radius 2 is 2.45 bits per heavy atom. The van der Waals surface area contributed by atoms with Crippen molar-refractivity contribution in [3.63, 3.8) is 0 Å². The van der Waals surface area contributed by atoms with Crippen LogP contribution in [-0.4, -0.2) is 27.3 Å². The topological polar surface area (TPSA) is 64.1 Å². The average molecular weight is 155 g/mol. The second-order valence-electron chi connectivity index (χ2n) is 2.53. The highest BCUT2D eigenvalue weighted by atomic mass is 16.3. The van der Waals surface area contributed by atoms with Crippen LogP contribution in [0, 0.1) is 0 Å². The van der Waals surface area contributed by atoms with E-state index >= 15 is 0 Å². The van der Waals surface area contributed by atoms with Crippen molar-refractivity contribution in [2.45, 2.75) is 19.0 Å². The molecule has 4 nitrogen and oxygen atoms in total. The highest BCUT2D eigenvalue weighted by Gasteiger charge is 1.99. The summed E-state index contributed by atoms with van der Waals surface area (Å²) in [6, 6.07) is -0.114. The van der Waals surface area contributed by atoms with E-state index in [9.17, 15) is 0 Å². The van der Waals surface area contributed by atoms with Crippen LogP contribution in [0.1, 0.15) is 6.42 Å². The zero-order valence-corrected chi connectivity index (χ0v) is 6.35. The van der Waals surface area contributed by atoms with Crippen molar-refractivity contribution in [2.75, 3.05) is 6.61 Å². The van der Waals surface area contributed by atoms with Gasteiger partial charge in [0.1, 0.15) is 0 Å². The highest BCUT2D eigenvalue weighted by Crippen LogP contribution is 1.92. The van der Waals surface area contributed by atoms with Gasteiger partial charge in [-0.25, -0.2) is 4.98 Å². The molecule has 0 fully saturated rings. The van der Waals surface area contributed by atoms with Gasteiger partial charge in [-0.3, -0.25) is 0 Å². The van der Waals surface area contributed by atoms with Crippen molar-refractivity contribution < 1.29 is 5.11 Å². The van der Waals surface area contributed by atoms with Crippen LogP contribution in [0.3, 0.4) is 0 Å². The van der Waals surface area contributed by atoms with Crippen LogP contribution in [0.25, 0.3) is 0 Å². The molecule has 0 aliphatic carbocycles. The fraction of sp³-hybridized carbons (Fsp3) is 0.571. The van der Waals surface area contributed by atoms with E-state index in [1.807, 2.05) is 10.8 Å². The monoisotopic (exact) mass is 155 g/mol. The van der Waals surface area contributed by atoms with E-state index in [1.54, 1.807) is 12.5 Å². The highest BCUT2D eigenvalue weighted by molar-refractivity contribution is 4.74. The molecule has 0 aromatic carbocycles. The van der Waals surface area contributed by atoms with Gasteiger partial charge < -0.3 is 15.4 Å². The smallest absolute Gasteiger partial charge is 0.0945 e. The van der Waals surface area contributed by atoms with Crippen LogP contribution in [0.4, 0.5) is 0 Å². The van der Waals surface area contributed by atoms with Crippen LogP contribution in [-0.2, 0) is 6.54 Å². The quantitative estimate of drug-likeness (QED) is 0.621. The molecule has 0 saturated heterocycles. The van der Waals surface area contributed by atoms with Gasteiger partial charge in [0.2, 0.25) is 0 Å². The first-order valence-electron chi connectivity index (χ1n) is 3.65. The minimum Gasteiger partial charge on any atom is -0.395 e. The lowest BCUT2D eigenvalue weighted by molar-refractivity contribution is 0.256. The first-order valence-corrected chi connectivity index (χ1v) is 3.65. The molecule has 62 valence electrons. The van der Waals surface area contributed by atoms with Gasteiger partial charge in [-0.1, -0.05) is 0 Å². The number of aryl methyl sites for hydroxylation is 1. The summed E-state index contributed by atoms with van der Waals surface area (Å²) >= 11 is 0. The fourth-order valence-electron chi connectivity index (χ4n) is 0.825. The third kappa shape index (κ3) is 2.69. The number of hydrogen-bond acceptors (Lipinski definition) is 3. The minimum absolute atomic E-state index is 0.0503. The molecule has 0 amide bonds. The SMILES string of the molecule is NC(CO)CCn1ccnc1. The van der Waals surface area contributed by atoms with E-state index in [1.165, 1.54) is 0 Å². The standard InChI is InChI=1S/C7H13N3O/c8-7(5-11)1-3-10-4-2-9-6-10/h2,4,6-7,11H,1,3,5,8H2. The van der Waals surface area contributed by atoms with Crippen LogP contribution >= 0.6 is 0 Å². The zero-order chi connectivity index (χ0) is 8.10. The second kappa shape index (κ2) is 4.10. The van der Waals surface area contributed by atoms with E-state index < -0.39 is 0 Å². The van der Waals surface area contributed by atoms with Crippen LogP contribution in [0.5, 0.6) is 0 Å². The summed E-state index contributed by atoms with van der Waals surface area (Å²) < 4.78 is 1.94. The van der Waals surface area contributed by atoms with E-state index in [-0.39, 0.29) is 12.6 Å². The molecule has 3 N–H and O–H groups in total. The summed E-state index contributed by atoms with van der Waals surface area (Å²) in [5.74, 6) is 0. The third-order valence-corrected chi connectivity index (χ3v) is 1.55. The molecule has 1 aromatic heterocycles. The number of aliphatic hydroxyl groups excluding tert-OH is 1. The van der Waals surface area contributed by atoms with Crippen LogP contribution in [0.15, 0.2) is 18.7 Å². The van der Waals surface area contributed by atoms with Gasteiger partial charge in [0, 0.05) is 25.0 Å². The van der Waals surface area contributed by atoms with Crippen LogP contribution < -0.4 is 5.73 Å². The van der Waals surface area contributed by atoms with Gasteiger partial charge in [-0.2, -0.15) is 0 Å². The maximum atomic E-state index is 8.61. The Balaban J connectivity index is 2.23. The summed E-state index contributed by atoms with van der Waals surface area (Å²) in [6.45, 7) is 0.871. The van der Waals surface area contributed by atoms with Crippen molar-refractivity contribution in [1.82, 2.24) is 9.55 Å². The number of aromatic nitrogens is 2. The maximum absolute atomic E-state index is 8.61. The third-order valence-electron chi connectivity index (χ3n) is 1.55. The normalized spacial score (nSPS) is 13.3. The summed E-state index contributed by atoms with van der Waals surface area (Å²) in [7, 11) is 0. The molecule has 1 unspecified atom stereocenters. The molecule has 0 radical (unpaired) electrons. The number of hydrogen-bond donors (Lipinski definition) is 2. The first kappa shape index (κ1) is 8.23. The van der Waals surface area contributed by atoms with E-state index in [4.69, 9.17) is 10.8 Å². The molecule has 0 saturated carbocycles. The number of nitrogens with two attached hydrogens (primary N) is 1. The number of rotatable bonds is 4. The second-order valence-corrected chi connectivity index (χ2v) is 2.53. The zero-order valence-electron chi connectivity index (χ0n) is 6.35. The molecule has 4 heteroatoms. The molecule has 1 atom stereocenters. The number of imidazole rings is 1. The molecular formula is C7H13N3O. The predicted octanol–water partition coefficient (Wildman–Crippen LogP) is -0.407. The van der Waals surface area contributed by atoms with Gasteiger partial charge in [0.15, 0.2) is 0 Å². The van der Waals surface area contributed by atoms with Gasteiger partial charge in [-0.05, 0) is 6.42 Å². The maximum Gasteiger partial charge on any atom is 0.0945 e. The molecule has 0 aliphatic rings. The largest absolute Gasteiger partial charge is 0.395 e. The van der Waals surface area contributed by atoms with Crippen molar-refractivity contribution >= 4 is 0 Å². The molecule has 1 rings (SSSR count). The molecule has 1 heterocycles. The fourth-order valence-corrected chi connectivity index (χ4v) is 0.825. The Labute approximate surface area is 65.7 Å². The van der Waals surface area contributed by atoms with Gasteiger partial charge in [0.05, 0.1) is 12.9 Å². The number of aliphatic hydroxyl groups is 1. The molecule has 0 aliphatic heterocycles. The summed E-state index contributed by atoms with van der Waals surface area (Å²) in [6.07, 6.45) is 6.13. The Hall–Kier alpha value is -0.870. The molecular weight excluding hydrogens is 142 g/mol. The Kier molecular flexibility index (Phi) is 3.07. The van der Waals surface area contributed by atoms with Crippen LogP contribution in [0.2, 0.25) is 0 Å². The lowest BCUT2D eigenvalue weighted by Crippen LogP contribution is -2.25. The summed E-state index contributed by atoms with van der Waals surface area (Å²) in [5.41, 5.74) is 5.51. The summed E-state index contributed by atoms with van der Waals surface area (Å²) in [5, 5.41) is 8.61. The van der Waals surface area contributed by atoms with E-state index in [0.717, 1.165) is 13.0 Å². The van der Waals surface area contributed by atoms with E-state index in [0.29, 0.717) is 0 Å². The van der Waals surface area contributed by atoms with Crippen molar-refractivity contribution in [2.24, 2.45) is 5.73 Å². The van der Waals surface area contributed by atoms with Crippen molar-refractivity contribution in [3.05, 3.63) is 18.7 Å². The van der Waals surface area contributed by atoms with Crippen molar-refractivity contribution in [1.29, 1.82) is 0 Å². The van der Waals surface area contributed by atoms with Crippen molar-refractivity contribution in [3.8, 4) is 0 Å². The number of nitrogens with zero attached hydrogens (tertiary/aromatic N) is 2. The lowest BCUT2D eigenvalue weighted by atomic mass is 10.2. The lowest BCUT2D eigenvalue weighted by Gasteiger charge is -2.07. The van der Waals surface area contributed by atoms with E-state index in [2.05, 4.69) is 4.98 Å². The van der Waals surface area contributed by atoms with Gasteiger partial charge in [0.25, 0.3) is 0 Å². The average Bonchev–Trinajstić information content (AvgIpc) is 2.52. The Bertz CT molecular complexity index is 186. The molecule has 11 heavy (non-hydrogen) atoms. The molecule has 1 aromatic rings. The van der Waals surface area contributed by atoms with Gasteiger partial charge in [-0.15, -0.1) is 0 Å². The molecule has 0 bridgehead atoms. The molecule has 0 spiro atoms. The van der Waals surface area contributed by atoms with Gasteiger partial charge >= 0.3 is 0 Å². The Morgan fingerprint density at radius 3 is 3.00 bits per heavy atom. The predicted molar refractivity (Wildman–Crippen MR) is 41.9 cm³/mol. The first-order chi connectivity index (χ1) is 5.33.